The van der Waals surface area contributed by atoms with Gasteiger partial charge in [-0.1, -0.05) is 18.6 Å². The lowest BCUT2D eigenvalue weighted by Crippen LogP contribution is -2.35. The smallest absolute Gasteiger partial charge is 0.243 e. The number of sulfonamides is 1. The maximum Gasteiger partial charge on any atom is 0.243 e. The molecule has 0 aliphatic carbocycles. The summed E-state index contributed by atoms with van der Waals surface area (Å²) in [7, 11) is -2.04. The number of ether oxygens (including phenoxy) is 1. The Kier molecular flexibility index (Phi) is 6.48. The van der Waals surface area contributed by atoms with Crippen molar-refractivity contribution in [3.63, 3.8) is 0 Å². The molecule has 2 aliphatic heterocycles. The molecule has 1 atom stereocenters. The minimum Gasteiger partial charge on any atom is -0.497 e. The van der Waals surface area contributed by atoms with E-state index in [0.717, 1.165) is 19.3 Å². The van der Waals surface area contributed by atoms with Crippen LogP contribution in [0.5, 0.6) is 5.75 Å². The fourth-order valence-electron chi connectivity index (χ4n) is 4.14. The molecule has 4 rings (SSSR count). The van der Waals surface area contributed by atoms with Gasteiger partial charge in [-0.3, -0.25) is 9.59 Å². The minimum absolute atomic E-state index is 0.0921. The number of carbonyl (C=O) groups is 2. The molecule has 0 saturated carbocycles. The number of amides is 2. The summed E-state index contributed by atoms with van der Waals surface area (Å²) in [6.45, 7) is 1.29. The van der Waals surface area contributed by atoms with Crippen LogP contribution in [-0.4, -0.2) is 51.3 Å². The van der Waals surface area contributed by atoms with Crippen molar-refractivity contribution in [2.24, 2.45) is 5.92 Å². The predicted octanol–water partition coefficient (Wildman–Crippen LogP) is 2.86. The van der Waals surface area contributed by atoms with Crippen molar-refractivity contribution in [1.29, 1.82) is 0 Å². The fraction of sp³-hybridized carbons (Fsp3) is 0.391. The van der Waals surface area contributed by atoms with Gasteiger partial charge in [-0.05, 0) is 43.2 Å². The quantitative estimate of drug-likeness (QED) is 0.720. The van der Waals surface area contributed by atoms with Gasteiger partial charge in [0, 0.05) is 43.5 Å². The summed E-state index contributed by atoms with van der Waals surface area (Å²) in [4.78, 5) is 27.1. The Bertz CT molecular complexity index is 1110. The third-order valence-corrected chi connectivity index (χ3v) is 7.81. The second-order valence-electron chi connectivity index (χ2n) is 8.09. The number of piperidine rings is 1. The van der Waals surface area contributed by atoms with Gasteiger partial charge in [0.25, 0.3) is 0 Å². The molecule has 32 heavy (non-hydrogen) atoms. The van der Waals surface area contributed by atoms with E-state index in [-0.39, 0.29) is 29.7 Å². The molecule has 2 aromatic carbocycles. The normalized spacial score (nSPS) is 19.7. The van der Waals surface area contributed by atoms with Crippen LogP contribution in [0.25, 0.3) is 0 Å². The second kappa shape index (κ2) is 9.30. The lowest BCUT2D eigenvalue weighted by Gasteiger charge is -2.26. The molecule has 2 amide bonds. The number of benzene rings is 2. The molecule has 9 heteroatoms. The highest BCUT2D eigenvalue weighted by Crippen LogP contribution is 2.29. The Morgan fingerprint density at radius 1 is 1.06 bits per heavy atom. The van der Waals surface area contributed by atoms with Crippen molar-refractivity contribution in [3.05, 3.63) is 48.5 Å². The van der Waals surface area contributed by atoms with Crippen LogP contribution in [-0.2, 0) is 19.6 Å². The number of carbonyl (C=O) groups excluding carboxylic acids is 2. The van der Waals surface area contributed by atoms with Gasteiger partial charge in [-0.15, -0.1) is 0 Å². The first kappa shape index (κ1) is 22.3. The molecule has 2 aliphatic rings. The minimum atomic E-state index is -3.59. The Morgan fingerprint density at radius 3 is 2.56 bits per heavy atom. The van der Waals surface area contributed by atoms with E-state index < -0.39 is 15.9 Å². The van der Waals surface area contributed by atoms with E-state index in [4.69, 9.17) is 4.74 Å². The first-order valence-electron chi connectivity index (χ1n) is 10.7. The third-order valence-electron chi connectivity index (χ3n) is 5.92. The van der Waals surface area contributed by atoms with Crippen LogP contribution >= 0.6 is 0 Å². The average Bonchev–Trinajstić information content (AvgIpc) is 3.21. The number of nitrogens with zero attached hydrogens (tertiary/aromatic N) is 2. The van der Waals surface area contributed by atoms with Crippen molar-refractivity contribution in [2.75, 3.05) is 37.0 Å². The summed E-state index contributed by atoms with van der Waals surface area (Å²) < 4.78 is 32.6. The molecule has 2 aromatic rings. The van der Waals surface area contributed by atoms with Crippen molar-refractivity contribution in [2.45, 2.75) is 30.6 Å². The van der Waals surface area contributed by atoms with Gasteiger partial charge < -0.3 is 15.0 Å². The second-order valence-corrected chi connectivity index (χ2v) is 10.0. The first-order valence-corrected chi connectivity index (χ1v) is 12.2. The van der Waals surface area contributed by atoms with Crippen LogP contribution in [0.2, 0.25) is 0 Å². The lowest BCUT2D eigenvalue weighted by atomic mass is 10.1. The first-order chi connectivity index (χ1) is 15.4. The molecular weight excluding hydrogens is 430 g/mol. The highest BCUT2D eigenvalue weighted by molar-refractivity contribution is 7.89. The van der Waals surface area contributed by atoms with Crippen LogP contribution < -0.4 is 15.0 Å². The predicted molar refractivity (Wildman–Crippen MR) is 121 cm³/mol. The van der Waals surface area contributed by atoms with Crippen molar-refractivity contribution >= 4 is 33.2 Å². The molecule has 0 spiro atoms. The highest BCUT2D eigenvalue weighted by atomic mass is 32.2. The Balaban J connectivity index is 1.45. The van der Waals surface area contributed by atoms with Gasteiger partial charge in [0.2, 0.25) is 21.8 Å². The van der Waals surface area contributed by atoms with Crippen LogP contribution in [0, 0.1) is 5.92 Å². The number of hydrogen-bond donors (Lipinski definition) is 1. The molecule has 0 radical (unpaired) electrons. The van der Waals surface area contributed by atoms with Gasteiger partial charge in [0.15, 0.2) is 0 Å². The van der Waals surface area contributed by atoms with E-state index in [1.807, 2.05) is 0 Å². The molecule has 2 heterocycles. The number of nitrogens with one attached hydrogen (secondary N) is 1. The summed E-state index contributed by atoms with van der Waals surface area (Å²) in [6, 6.07) is 13.4. The van der Waals surface area contributed by atoms with Crippen molar-refractivity contribution < 1.29 is 22.7 Å². The van der Waals surface area contributed by atoms with Crippen LogP contribution in [0.1, 0.15) is 25.7 Å². The summed E-state index contributed by atoms with van der Waals surface area (Å²) in [6.07, 6.45) is 2.84. The lowest BCUT2D eigenvalue weighted by molar-refractivity contribution is -0.122. The van der Waals surface area contributed by atoms with Gasteiger partial charge >= 0.3 is 0 Å². The molecule has 8 nitrogen and oxygen atoms in total. The van der Waals surface area contributed by atoms with E-state index in [9.17, 15) is 18.0 Å². The van der Waals surface area contributed by atoms with Crippen LogP contribution in [0.4, 0.5) is 11.4 Å². The Hall–Kier alpha value is -2.91. The van der Waals surface area contributed by atoms with Crippen LogP contribution in [0.15, 0.2) is 53.4 Å². The molecule has 170 valence electrons. The molecule has 1 N–H and O–H groups in total. The topological polar surface area (TPSA) is 96.0 Å². The number of rotatable bonds is 6. The van der Waals surface area contributed by atoms with E-state index >= 15 is 0 Å². The highest BCUT2D eigenvalue weighted by Gasteiger charge is 2.35. The SMILES string of the molecule is COc1cccc(N2CC(C(=O)Nc3cccc(S(=O)(=O)N4CCCCC4)c3)CC2=O)c1. The summed E-state index contributed by atoms with van der Waals surface area (Å²) in [5.74, 6) is -0.345. The molecular formula is C23H27N3O5S. The van der Waals surface area contributed by atoms with E-state index in [1.165, 1.54) is 10.4 Å². The van der Waals surface area contributed by atoms with E-state index in [0.29, 0.717) is 30.2 Å². The van der Waals surface area contributed by atoms with Crippen molar-refractivity contribution in [3.8, 4) is 5.75 Å². The van der Waals surface area contributed by atoms with Gasteiger partial charge in [0.1, 0.15) is 5.75 Å². The molecule has 1 unspecified atom stereocenters. The van der Waals surface area contributed by atoms with Gasteiger partial charge in [-0.25, -0.2) is 8.42 Å². The molecule has 0 aromatic heterocycles. The molecule has 0 bridgehead atoms. The monoisotopic (exact) mass is 457 g/mol. The number of hydrogen-bond acceptors (Lipinski definition) is 5. The standard InChI is InChI=1S/C23H27N3O5S/c1-31-20-9-6-8-19(15-20)26-16-17(13-22(26)27)23(28)24-18-7-5-10-21(14-18)32(29,30)25-11-3-2-4-12-25/h5-10,14-15,17H,2-4,11-13,16H2,1H3,(H,24,28). The largest absolute Gasteiger partial charge is 0.497 e. The zero-order chi connectivity index (χ0) is 22.7. The third kappa shape index (κ3) is 4.63. The Morgan fingerprint density at radius 2 is 1.81 bits per heavy atom. The molecule has 2 saturated heterocycles. The summed E-state index contributed by atoms with van der Waals surface area (Å²) in [5, 5.41) is 2.79. The van der Waals surface area contributed by atoms with Crippen LogP contribution in [0.3, 0.4) is 0 Å². The summed E-state index contributed by atoms with van der Waals surface area (Å²) >= 11 is 0. The van der Waals surface area contributed by atoms with E-state index in [1.54, 1.807) is 54.5 Å². The summed E-state index contributed by atoms with van der Waals surface area (Å²) in [5.41, 5.74) is 1.08. The van der Waals surface area contributed by atoms with E-state index in [2.05, 4.69) is 5.32 Å². The number of methoxy groups -OCH3 is 1. The van der Waals surface area contributed by atoms with Crippen molar-refractivity contribution in [1.82, 2.24) is 4.31 Å². The average molecular weight is 458 g/mol. The Labute approximate surface area is 188 Å². The zero-order valence-electron chi connectivity index (χ0n) is 18.0. The van der Waals surface area contributed by atoms with Gasteiger partial charge in [-0.2, -0.15) is 4.31 Å². The fourth-order valence-corrected chi connectivity index (χ4v) is 5.71. The maximum atomic E-state index is 12.9. The van der Waals surface area contributed by atoms with Gasteiger partial charge in [0.05, 0.1) is 17.9 Å². The zero-order valence-corrected chi connectivity index (χ0v) is 18.8. The number of anilines is 2. The maximum absolute atomic E-state index is 12.9. The molecule has 2 fully saturated rings.